The molecule has 2 rings (SSSR count). The second-order valence-corrected chi connectivity index (χ2v) is 6.65. The zero-order valence-electron chi connectivity index (χ0n) is 15.7. The fraction of sp³-hybridized carbons (Fsp3) is 0.190. The largest absolute Gasteiger partial charge is 0.326 e. The average molecular weight is 400 g/mol. The molecule has 7 heteroatoms. The van der Waals surface area contributed by atoms with Gasteiger partial charge in [-0.3, -0.25) is 25.2 Å². The molecule has 146 valence electrons. The van der Waals surface area contributed by atoms with E-state index in [9.17, 15) is 14.4 Å². The SMILES string of the molecule is Cc1ccc(/C=C/C(=O)NNC(=O)CCC(=O)Nc2cccc(Cl)c2C)cc1. The molecular formula is C21H22ClN3O3. The molecule has 3 N–H and O–H groups in total. The van der Waals surface area contributed by atoms with Gasteiger partial charge in [-0.25, -0.2) is 0 Å². The summed E-state index contributed by atoms with van der Waals surface area (Å²) in [5, 5.41) is 3.26. The highest BCUT2D eigenvalue weighted by Crippen LogP contribution is 2.23. The van der Waals surface area contributed by atoms with E-state index in [1.165, 1.54) is 6.08 Å². The van der Waals surface area contributed by atoms with Gasteiger partial charge in [-0.15, -0.1) is 0 Å². The Kier molecular flexibility index (Phi) is 7.77. The van der Waals surface area contributed by atoms with Gasteiger partial charge in [0, 0.05) is 29.6 Å². The summed E-state index contributed by atoms with van der Waals surface area (Å²) in [5.74, 6) is -1.24. The minimum absolute atomic E-state index is 0.0210. The van der Waals surface area contributed by atoms with Crippen LogP contribution in [0, 0.1) is 13.8 Å². The third-order valence-electron chi connectivity index (χ3n) is 3.95. The van der Waals surface area contributed by atoms with E-state index in [0.717, 1.165) is 16.7 Å². The van der Waals surface area contributed by atoms with Crippen molar-refractivity contribution in [2.75, 3.05) is 5.32 Å². The summed E-state index contributed by atoms with van der Waals surface area (Å²) >= 11 is 6.01. The Morgan fingerprint density at radius 2 is 1.61 bits per heavy atom. The first-order valence-electron chi connectivity index (χ1n) is 8.73. The first-order valence-corrected chi connectivity index (χ1v) is 9.11. The van der Waals surface area contributed by atoms with Crippen molar-refractivity contribution in [3.8, 4) is 0 Å². The Labute approximate surface area is 168 Å². The van der Waals surface area contributed by atoms with Crippen molar-refractivity contribution in [1.29, 1.82) is 0 Å². The molecule has 0 aliphatic heterocycles. The van der Waals surface area contributed by atoms with Gasteiger partial charge < -0.3 is 5.32 Å². The number of carbonyl (C=O) groups excluding carboxylic acids is 3. The second kappa shape index (κ2) is 10.3. The molecule has 0 aliphatic rings. The molecule has 0 spiro atoms. The number of halogens is 1. The minimum Gasteiger partial charge on any atom is -0.326 e. The van der Waals surface area contributed by atoms with Gasteiger partial charge in [-0.2, -0.15) is 0 Å². The molecule has 0 aliphatic carbocycles. The molecule has 0 atom stereocenters. The maximum Gasteiger partial charge on any atom is 0.262 e. The summed E-state index contributed by atoms with van der Waals surface area (Å²) in [6.45, 7) is 3.77. The molecule has 6 nitrogen and oxygen atoms in total. The second-order valence-electron chi connectivity index (χ2n) is 6.24. The molecule has 0 unspecified atom stereocenters. The molecule has 28 heavy (non-hydrogen) atoms. The lowest BCUT2D eigenvalue weighted by molar-refractivity contribution is -0.128. The molecule has 2 aromatic rings. The van der Waals surface area contributed by atoms with Crippen LogP contribution in [0.1, 0.15) is 29.5 Å². The van der Waals surface area contributed by atoms with Crippen molar-refractivity contribution in [1.82, 2.24) is 10.9 Å². The van der Waals surface area contributed by atoms with E-state index < -0.39 is 11.8 Å². The first kappa shape index (κ1) is 21.2. The van der Waals surface area contributed by atoms with Crippen LogP contribution in [0.3, 0.4) is 0 Å². The topological polar surface area (TPSA) is 87.3 Å². The zero-order chi connectivity index (χ0) is 20.5. The monoisotopic (exact) mass is 399 g/mol. The Hall–Kier alpha value is -3.12. The standard InChI is InChI=1S/C21H22ClN3O3/c1-14-6-8-16(9-7-14)10-11-20(27)24-25-21(28)13-12-19(26)23-18-5-3-4-17(22)15(18)2/h3-11H,12-13H2,1-2H3,(H,23,26)(H,24,27)(H,25,28)/b11-10+. The summed E-state index contributed by atoms with van der Waals surface area (Å²) < 4.78 is 0. The van der Waals surface area contributed by atoms with Gasteiger partial charge in [0.05, 0.1) is 0 Å². The van der Waals surface area contributed by atoms with E-state index in [1.54, 1.807) is 31.2 Å². The Morgan fingerprint density at radius 1 is 0.929 bits per heavy atom. The molecular weight excluding hydrogens is 378 g/mol. The molecule has 2 aromatic carbocycles. The van der Waals surface area contributed by atoms with Crippen molar-refractivity contribution in [2.45, 2.75) is 26.7 Å². The van der Waals surface area contributed by atoms with Gasteiger partial charge in [-0.1, -0.05) is 47.5 Å². The minimum atomic E-state index is -0.465. The molecule has 0 aromatic heterocycles. The highest BCUT2D eigenvalue weighted by molar-refractivity contribution is 6.31. The fourth-order valence-corrected chi connectivity index (χ4v) is 2.44. The summed E-state index contributed by atoms with van der Waals surface area (Å²) in [7, 11) is 0. The molecule has 0 saturated heterocycles. The number of hydrogen-bond acceptors (Lipinski definition) is 3. The van der Waals surface area contributed by atoms with E-state index in [1.807, 2.05) is 31.2 Å². The predicted molar refractivity (Wildman–Crippen MR) is 111 cm³/mol. The van der Waals surface area contributed by atoms with Gasteiger partial charge >= 0.3 is 0 Å². The van der Waals surface area contributed by atoms with Crippen LogP contribution in [0.25, 0.3) is 6.08 Å². The summed E-state index contributed by atoms with van der Waals surface area (Å²) in [4.78, 5) is 35.5. The molecule has 0 heterocycles. The lowest BCUT2D eigenvalue weighted by Crippen LogP contribution is -2.41. The van der Waals surface area contributed by atoms with Crippen LogP contribution < -0.4 is 16.2 Å². The van der Waals surface area contributed by atoms with Crippen molar-refractivity contribution in [3.63, 3.8) is 0 Å². The number of rotatable bonds is 6. The highest BCUT2D eigenvalue weighted by Gasteiger charge is 2.10. The summed E-state index contributed by atoms with van der Waals surface area (Å²) in [6, 6.07) is 12.9. The number of amides is 3. The number of benzene rings is 2. The molecule has 0 bridgehead atoms. The van der Waals surface area contributed by atoms with Crippen LogP contribution in [0.15, 0.2) is 48.5 Å². The van der Waals surface area contributed by atoms with Crippen LogP contribution in [0.5, 0.6) is 0 Å². The van der Waals surface area contributed by atoms with Crippen LogP contribution >= 0.6 is 11.6 Å². The molecule has 0 saturated carbocycles. The highest BCUT2D eigenvalue weighted by atomic mass is 35.5. The number of nitrogens with one attached hydrogen (secondary N) is 3. The van der Waals surface area contributed by atoms with Crippen molar-refractivity contribution in [3.05, 3.63) is 70.3 Å². The van der Waals surface area contributed by atoms with Gasteiger partial charge in [0.15, 0.2) is 0 Å². The smallest absolute Gasteiger partial charge is 0.262 e. The number of hydrogen-bond donors (Lipinski definition) is 3. The summed E-state index contributed by atoms with van der Waals surface area (Å²) in [6.07, 6.45) is 2.88. The quantitative estimate of drug-likeness (QED) is 0.513. The Morgan fingerprint density at radius 3 is 2.32 bits per heavy atom. The lowest BCUT2D eigenvalue weighted by atomic mass is 10.1. The van der Waals surface area contributed by atoms with Crippen LogP contribution in [-0.4, -0.2) is 17.7 Å². The molecule has 0 fully saturated rings. The summed E-state index contributed by atoms with van der Waals surface area (Å²) in [5.41, 5.74) is 7.92. The number of hydrazine groups is 1. The molecule has 0 radical (unpaired) electrons. The number of carbonyl (C=O) groups is 3. The first-order chi connectivity index (χ1) is 13.3. The third kappa shape index (κ3) is 6.89. The van der Waals surface area contributed by atoms with Crippen LogP contribution in [0.2, 0.25) is 5.02 Å². The number of aryl methyl sites for hydroxylation is 1. The zero-order valence-corrected chi connectivity index (χ0v) is 16.5. The Balaban J connectivity index is 1.71. The van der Waals surface area contributed by atoms with E-state index >= 15 is 0 Å². The van der Waals surface area contributed by atoms with Crippen molar-refractivity contribution < 1.29 is 14.4 Å². The van der Waals surface area contributed by atoms with Gasteiger partial charge in [0.2, 0.25) is 11.8 Å². The lowest BCUT2D eigenvalue weighted by Gasteiger charge is -2.09. The van der Waals surface area contributed by atoms with Crippen molar-refractivity contribution in [2.24, 2.45) is 0 Å². The van der Waals surface area contributed by atoms with E-state index in [-0.39, 0.29) is 18.7 Å². The Bertz CT molecular complexity index is 892. The average Bonchev–Trinajstić information content (AvgIpc) is 2.68. The van der Waals surface area contributed by atoms with Crippen molar-refractivity contribution >= 4 is 41.1 Å². The third-order valence-corrected chi connectivity index (χ3v) is 4.36. The van der Waals surface area contributed by atoms with Crippen LogP contribution in [-0.2, 0) is 14.4 Å². The maximum atomic E-state index is 12.0. The van der Waals surface area contributed by atoms with Crippen LogP contribution in [0.4, 0.5) is 5.69 Å². The van der Waals surface area contributed by atoms with E-state index in [2.05, 4.69) is 16.2 Å². The predicted octanol–water partition coefficient (Wildman–Crippen LogP) is 3.54. The number of anilines is 1. The molecule has 3 amide bonds. The van der Waals surface area contributed by atoms with E-state index in [0.29, 0.717) is 10.7 Å². The van der Waals surface area contributed by atoms with Gasteiger partial charge in [-0.05, 0) is 43.2 Å². The van der Waals surface area contributed by atoms with Gasteiger partial charge in [0.1, 0.15) is 0 Å². The van der Waals surface area contributed by atoms with Gasteiger partial charge in [0.25, 0.3) is 5.91 Å². The van der Waals surface area contributed by atoms with E-state index in [4.69, 9.17) is 11.6 Å². The normalized spacial score (nSPS) is 10.5. The fourth-order valence-electron chi connectivity index (χ4n) is 2.27. The maximum absolute atomic E-state index is 12.0.